The third kappa shape index (κ3) is 5.81. The number of nitrogens with zero attached hydrogens (tertiary/aromatic N) is 1. The van der Waals surface area contributed by atoms with E-state index in [9.17, 15) is 9.90 Å². The van der Waals surface area contributed by atoms with Crippen LogP contribution >= 0.6 is 11.6 Å². The van der Waals surface area contributed by atoms with Crippen molar-refractivity contribution in [2.45, 2.75) is 13.5 Å². The predicted octanol–water partition coefficient (Wildman–Crippen LogP) is 3.14. The topological polar surface area (TPSA) is 85.8 Å². The Labute approximate surface area is 145 Å². The van der Waals surface area contributed by atoms with E-state index in [-0.39, 0.29) is 11.8 Å². The number of hydrogen-bond donors (Lipinski definition) is 4. The normalized spacial score (nSPS) is 11.0. The van der Waals surface area contributed by atoms with Gasteiger partial charge in [0.1, 0.15) is 5.75 Å². The third-order valence-corrected chi connectivity index (χ3v) is 3.29. The summed E-state index contributed by atoms with van der Waals surface area (Å²) >= 11 is 5.87. The van der Waals surface area contributed by atoms with Gasteiger partial charge in [-0.3, -0.25) is 5.32 Å². The van der Waals surface area contributed by atoms with E-state index in [1.807, 2.05) is 19.1 Å². The number of rotatable bonds is 4. The molecule has 7 heteroatoms. The maximum atomic E-state index is 11.8. The van der Waals surface area contributed by atoms with Crippen LogP contribution in [-0.2, 0) is 6.54 Å². The number of amides is 2. The number of phenols is 1. The van der Waals surface area contributed by atoms with Gasteiger partial charge in [-0.1, -0.05) is 23.7 Å². The Morgan fingerprint density at radius 1 is 1.08 bits per heavy atom. The van der Waals surface area contributed by atoms with Crippen molar-refractivity contribution < 1.29 is 9.90 Å². The molecule has 0 spiro atoms. The molecular weight excluding hydrogens is 328 g/mol. The molecule has 0 heterocycles. The molecule has 0 aromatic heterocycles. The molecular formula is C17H19ClN4O2. The molecule has 2 amide bonds. The maximum absolute atomic E-state index is 11.8. The average molecular weight is 347 g/mol. The summed E-state index contributed by atoms with van der Waals surface area (Å²) in [7, 11) is 0. The number of aliphatic imine (C=N–C) groups is 1. The maximum Gasteiger partial charge on any atom is 0.321 e. The fourth-order valence-electron chi connectivity index (χ4n) is 1.87. The number of urea groups is 1. The summed E-state index contributed by atoms with van der Waals surface area (Å²) in [4.78, 5) is 16.1. The molecule has 24 heavy (non-hydrogen) atoms. The minimum Gasteiger partial charge on any atom is -0.508 e. The second kappa shape index (κ2) is 8.79. The van der Waals surface area contributed by atoms with Crippen molar-refractivity contribution >= 4 is 29.3 Å². The molecule has 0 aliphatic carbocycles. The molecule has 0 atom stereocenters. The first-order valence-electron chi connectivity index (χ1n) is 7.47. The van der Waals surface area contributed by atoms with Crippen molar-refractivity contribution in [2.75, 3.05) is 6.54 Å². The summed E-state index contributed by atoms with van der Waals surface area (Å²) in [5, 5.41) is 18.4. The Hall–Kier alpha value is -2.73. The molecule has 0 aliphatic rings. The first-order valence-corrected chi connectivity index (χ1v) is 7.85. The molecule has 0 bridgehead atoms. The Balaban J connectivity index is 2.10. The Morgan fingerprint density at radius 2 is 1.75 bits per heavy atom. The van der Waals surface area contributed by atoms with Crippen molar-refractivity contribution in [3.8, 4) is 5.75 Å². The zero-order valence-corrected chi connectivity index (χ0v) is 14.0. The first-order chi connectivity index (χ1) is 11.6. The van der Waals surface area contributed by atoms with Gasteiger partial charge in [0.25, 0.3) is 0 Å². The van der Waals surface area contributed by atoms with Crippen LogP contribution in [0.2, 0.25) is 5.02 Å². The van der Waals surface area contributed by atoms with Crippen molar-refractivity contribution in [1.29, 1.82) is 0 Å². The van der Waals surface area contributed by atoms with Crippen LogP contribution in [-0.4, -0.2) is 23.6 Å². The smallest absolute Gasteiger partial charge is 0.321 e. The summed E-state index contributed by atoms with van der Waals surface area (Å²) in [5.74, 6) is 0.461. The fourth-order valence-corrected chi connectivity index (χ4v) is 1.99. The van der Waals surface area contributed by atoms with Crippen LogP contribution < -0.4 is 16.0 Å². The molecule has 4 N–H and O–H groups in total. The second-order valence-electron chi connectivity index (χ2n) is 4.94. The number of phenolic OH excluding ortho intramolecular Hbond substituents is 1. The van der Waals surface area contributed by atoms with Crippen molar-refractivity contribution in [3.05, 3.63) is 59.1 Å². The van der Waals surface area contributed by atoms with Crippen molar-refractivity contribution in [1.82, 2.24) is 16.0 Å². The van der Waals surface area contributed by atoms with E-state index in [1.165, 1.54) is 12.1 Å². The minimum absolute atomic E-state index is 0.154. The first kappa shape index (κ1) is 17.6. The summed E-state index contributed by atoms with van der Waals surface area (Å²) in [6.07, 6.45) is 0. The lowest BCUT2D eigenvalue weighted by Gasteiger charge is -2.12. The quantitative estimate of drug-likeness (QED) is 0.506. The zero-order chi connectivity index (χ0) is 17.4. The number of halogens is 1. The van der Waals surface area contributed by atoms with E-state index in [1.54, 1.807) is 24.3 Å². The largest absolute Gasteiger partial charge is 0.508 e. The number of aromatic hydroxyl groups is 1. The highest BCUT2D eigenvalue weighted by atomic mass is 35.5. The number of carbonyl (C=O) groups excluding carboxylic acids is 1. The van der Waals surface area contributed by atoms with Crippen molar-refractivity contribution in [2.24, 2.45) is 4.99 Å². The molecule has 2 aromatic rings. The second-order valence-corrected chi connectivity index (χ2v) is 5.38. The molecule has 0 saturated carbocycles. The van der Waals surface area contributed by atoms with Gasteiger partial charge in [0.15, 0.2) is 0 Å². The van der Waals surface area contributed by atoms with Gasteiger partial charge >= 0.3 is 6.03 Å². The van der Waals surface area contributed by atoms with Gasteiger partial charge in [0, 0.05) is 18.1 Å². The van der Waals surface area contributed by atoms with Gasteiger partial charge in [-0.15, -0.1) is 0 Å². The van der Waals surface area contributed by atoms with Crippen molar-refractivity contribution in [3.63, 3.8) is 0 Å². The van der Waals surface area contributed by atoms with E-state index in [2.05, 4.69) is 20.9 Å². The number of hydrogen-bond acceptors (Lipinski definition) is 3. The summed E-state index contributed by atoms with van der Waals surface area (Å²) in [5.41, 5.74) is 1.60. The van der Waals surface area contributed by atoms with Gasteiger partial charge in [0.05, 0.1) is 5.69 Å². The van der Waals surface area contributed by atoms with E-state index < -0.39 is 0 Å². The van der Waals surface area contributed by atoms with Gasteiger partial charge < -0.3 is 15.7 Å². The van der Waals surface area contributed by atoms with Crippen LogP contribution in [0.4, 0.5) is 10.5 Å². The van der Waals surface area contributed by atoms with E-state index in [0.717, 1.165) is 5.56 Å². The Bertz CT molecular complexity index is 700. The summed E-state index contributed by atoms with van der Waals surface area (Å²) < 4.78 is 0. The standard InChI is InChI=1S/C17H19ClN4O2/c1-2-19-17(24)22-16(21-14-7-9-15(23)10-8-14)20-11-12-3-5-13(18)6-4-12/h3-10,23H,2,11H2,1H3,(H3,19,20,21,22,24). The van der Waals surface area contributed by atoms with Crippen LogP contribution in [0, 0.1) is 0 Å². The molecule has 0 radical (unpaired) electrons. The van der Waals surface area contributed by atoms with Gasteiger partial charge in [-0.25, -0.2) is 9.79 Å². The fraction of sp³-hybridized carbons (Fsp3) is 0.176. The average Bonchev–Trinajstić information content (AvgIpc) is 2.56. The highest BCUT2D eigenvalue weighted by Gasteiger charge is 2.05. The molecule has 6 nitrogen and oxygen atoms in total. The number of guanidine groups is 1. The molecule has 0 aliphatic heterocycles. The van der Waals surface area contributed by atoms with Crippen LogP contribution in [0.15, 0.2) is 53.5 Å². The van der Waals surface area contributed by atoms with E-state index >= 15 is 0 Å². The van der Waals surface area contributed by atoms with Crippen LogP contribution in [0.3, 0.4) is 0 Å². The lowest BCUT2D eigenvalue weighted by atomic mass is 10.2. The summed E-state index contributed by atoms with van der Waals surface area (Å²) in [6.45, 7) is 2.81. The van der Waals surface area contributed by atoms with Crippen LogP contribution in [0.1, 0.15) is 12.5 Å². The zero-order valence-electron chi connectivity index (χ0n) is 13.2. The van der Waals surface area contributed by atoms with Gasteiger partial charge in [-0.2, -0.15) is 0 Å². The van der Waals surface area contributed by atoms with Gasteiger partial charge in [0.2, 0.25) is 5.96 Å². The highest BCUT2D eigenvalue weighted by molar-refractivity contribution is 6.30. The number of benzene rings is 2. The number of nitrogens with one attached hydrogen (secondary N) is 3. The van der Waals surface area contributed by atoms with Crippen LogP contribution in [0.25, 0.3) is 0 Å². The van der Waals surface area contributed by atoms with E-state index in [0.29, 0.717) is 29.8 Å². The molecule has 0 saturated heterocycles. The highest BCUT2D eigenvalue weighted by Crippen LogP contribution is 2.16. The summed E-state index contributed by atoms with van der Waals surface area (Å²) in [6, 6.07) is 13.4. The molecule has 0 fully saturated rings. The third-order valence-electron chi connectivity index (χ3n) is 3.03. The molecule has 126 valence electrons. The Kier molecular flexibility index (Phi) is 6.45. The predicted molar refractivity (Wildman–Crippen MR) is 95.7 cm³/mol. The monoisotopic (exact) mass is 346 g/mol. The lowest BCUT2D eigenvalue weighted by molar-refractivity contribution is 0.245. The van der Waals surface area contributed by atoms with Crippen LogP contribution in [0.5, 0.6) is 5.75 Å². The molecule has 0 unspecified atom stereocenters. The molecule has 2 rings (SSSR count). The van der Waals surface area contributed by atoms with E-state index in [4.69, 9.17) is 11.6 Å². The Morgan fingerprint density at radius 3 is 2.38 bits per heavy atom. The molecule has 2 aromatic carbocycles. The van der Waals surface area contributed by atoms with Gasteiger partial charge in [-0.05, 0) is 48.9 Å². The SMILES string of the molecule is CCNC(=O)N/C(=N\c1ccc(O)cc1)NCc1ccc(Cl)cc1. The lowest BCUT2D eigenvalue weighted by Crippen LogP contribution is -2.45. The number of carbonyl (C=O) groups is 1. The minimum atomic E-state index is -0.348.